The standard InChI is InChI=1S/C19H20N4O/c24-19(23-11-1-2-12-23)14-3-5-16(6-4-14)22-13-15-7-9-20-18-17(15)8-10-21-18/h3-10,22H,1-2,11-13H2,(H,20,21). The van der Waals surface area contributed by atoms with Gasteiger partial charge >= 0.3 is 0 Å². The fourth-order valence-corrected chi connectivity index (χ4v) is 3.20. The Labute approximate surface area is 140 Å². The lowest BCUT2D eigenvalue weighted by molar-refractivity contribution is 0.0793. The first-order valence-electron chi connectivity index (χ1n) is 8.35. The Balaban J connectivity index is 1.44. The summed E-state index contributed by atoms with van der Waals surface area (Å²) in [5, 5.41) is 4.54. The van der Waals surface area contributed by atoms with Crippen LogP contribution >= 0.6 is 0 Å². The van der Waals surface area contributed by atoms with Gasteiger partial charge in [0.15, 0.2) is 0 Å². The third-order valence-electron chi connectivity index (χ3n) is 4.56. The molecule has 3 heterocycles. The van der Waals surface area contributed by atoms with Gasteiger partial charge in [0.05, 0.1) is 0 Å². The summed E-state index contributed by atoms with van der Waals surface area (Å²) in [7, 11) is 0. The molecule has 2 aromatic heterocycles. The first kappa shape index (κ1) is 14.8. The van der Waals surface area contributed by atoms with Gasteiger partial charge in [-0.25, -0.2) is 4.98 Å². The van der Waals surface area contributed by atoms with Gasteiger partial charge in [0, 0.05) is 48.7 Å². The molecule has 122 valence electrons. The molecule has 1 aromatic carbocycles. The second-order valence-corrected chi connectivity index (χ2v) is 6.14. The summed E-state index contributed by atoms with van der Waals surface area (Å²) < 4.78 is 0. The van der Waals surface area contributed by atoms with Gasteiger partial charge in [0.25, 0.3) is 5.91 Å². The van der Waals surface area contributed by atoms with Crippen molar-refractivity contribution in [3.05, 3.63) is 59.9 Å². The van der Waals surface area contributed by atoms with Crippen LogP contribution in [0, 0.1) is 0 Å². The fourth-order valence-electron chi connectivity index (χ4n) is 3.20. The Morgan fingerprint density at radius 1 is 1.12 bits per heavy atom. The molecule has 24 heavy (non-hydrogen) atoms. The van der Waals surface area contributed by atoms with Crippen LogP contribution in [0.1, 0.15) is 28.8 Å². The largest absolute Gasteiger partial charge is 0.381 e. The Kier molecular flexibility index (Phi) is 3.91. The predicted octanol–water partition coefficient (Wildman–Crippen LogP) is 3.41. The average Bonchev–Trinajstić information content (AvgIpc) is 3.31. The molecule has 0 radical (unpaired) electrons. The van der Waals surface area contributed by atoms with Crippen LogP contribution in [0.3, 0.4) is 0 Å². The van der Waals surface area contributed by atoms with E-state index in [0.29, 0.717) is 0 Å². The second kappa shape index (κ2) is 6.35. The number of nitrogens with one attached hydrogen (secondary N) is 2. The molecule has 0 spiro atoms. The van der Waals surface area contributed by atoms with Gasteiger partial charge in [-0.05, 0) is 54.8 Å². The van der Waals surface area contributed by atoms with E-state index in [2.05, 4.69) is 15.3 Å². The number of aromatic amines is 1. The number of hydrogen-bond donors (Lipinski definition) is 2. The summed E-state index contributed by atoms with van der Waals surface area (Å²) in [6, 6.07) is 11.8. The number of nitrogens with zero attached hydrogens (tertiary/aromatic N) is 2. The minimum absolute atomic E-state index is 0.141. The van der Waals surface area contributed by atoms with Gasteiger partial charge in [0.1, 0.15) is 5.65 Å². The number of hydrogen-bond acceptors (Lipinski definition) is 3. The maximum absolute atomic E-state index is 12.3. The maximum Gasteiger partial charge on any atom is 0.253 e. The first-order chi connectivity index (χ1) is 11.8. The molecular weight excluding hydrogens is 300 g/mol. The highest BCUT2D eigenvalue weighted by Gasteiger charge is 2.19. The zero-order valence-electron chi connectivity index (χ0n) is 13.5. The van der Waals surface area contributed by atoms with Crippen LogP contribution < -0.4 is 5.32 Å². The van der Waals surface area contributed by atoms with Crippen LogP contribution in [-0.4, -0.2) is 33.9 Å². The monoisotopic (exact) mass is 320 g/mol. The number of fused-ring (bicyclic) bond motifs is 1. The smallest absolute Gasteiger partial charge is 0.253 e. The van der Waals surface area contributed by atoms with Gasteiger partial charge in [-0.1, -0.05) is 0 Å². The van der Waals surface area contributed by atoms with Gasteiger partial charge in [-0.15, -0.1) is 0 Å². The van der Waals surface area contributed by atoms with E-state index in [1.54, 1.807) is 0 Å². The topological polar surface area (TPSA) is 61.0 Å². The van der Waals surface area contributed by atoms with Crippen LogP contribution in [0.5, 0.6) is 0 Å². The molecule has 0 bridgehead atoms. The third kappa shape index (κ3) is 2.85. The van der Waals surface area contributed by atoms with Crippen LogP contribution in [0.25, 0.3) is 11.0 Å². The molecule has 1 fully saturated rings. The Bertz CT molecular complexity index is 847. The zero-order valence-corrected chi connectivity index (χ0v) is 13.5. The molecule has 4 rings (SSSR count). The molecule has 5 heteroatoms. The van der Waals surface area contributed by atoms with Gasteiger partial charge in [-0.2, -0.15) is 0 Å². The van der Waals surface area contributed by atoms with Crippen LogP contribution in [-0.2, 0) is 6.54 Å². The van der Waals surface area contributed by atoms with Gasteiger partial charge in [-0.3, -0.25) is 4.79 Å². The SMILES string of the molecule is O=C(c1ccc(NCc2ccnc3[nH]ccc23)cc1)N1CCCC1. The molecule has 1 amide bonds. The molecular formula is C19H20N4O. The van der Waals surface area contributed by atoms with Crippen molar-refractivity contribution in [2.45, 2.75) is 19.4 Å². The summed E-state index contributed by atoms with van der Waals surface area (Å²) in [6.45, 7) is 2.48. The summed E-state index contributed by atoms with van der Waals surface area (Å²) in [4.78, 5) is 21.7. The van der Waals surface area contributed by atoms with E-state index in [0.717, 1.165) is 54.8 Å². The summed E-state index contributed by atoms with van der Waals surface area (Å²) in [6.07, 6.45) is 5.95. The molecule has 0 atom stereocenters. The number of aromatic nitrogens is 2. The number of anilines is 1. The molecule has 2 N–H and O–H groups in total. The van der Waals surface area contributed by atoms with E-state index in [9.17, 15) is 4.79 Å². The second-order valence-electron chi connectivity index (χ2n) is 6.14. The van der Waals surface area contributed by atoms with E-state index >= 15 is 0 Å². The summed E-state index contributed by atoms with van der Waals surface area (Å²) in [5.74, 6) is 0.141. The molecule has 0 saturated carbocycles. The maximum atomic E-state index is 12.3. The quantitative estimate of drug-likeness (QED) is 0.774. The summed E-state index contributed by atoms with van der Waals surface area (Å²) in [5.41, 5.74) is 3.87. The van der Waals surface area contributed by atoms with E-state index in [4.69, 9.17) is 0 Å². The molecule has 0 aliphatic carbocycles. The van der Waals surface area contributed by atoms with Crippen molar-refractivity contribution in [2.24, 2.45) is 0 Å². The molecule has 0 unspecified atom stereocenters. The molecule has 1 saturated heterocycles. The lowest BCUT2D eigenvalue weighted by atomic mass is 10.1. The lowest BCUT2D eigenvalue weighted by Crippen LogP contribution is -2.27. The minimum Gasteiger partial charge on any atom is -0.381 e. The van der Waals surface area contributed by atoms with Crippen molar-refractivity contribution < 1.29 is 4.79 Å². The predicted molar refractivity (Wildman–Crippen MR) is 95.0 cm³/mol. The van der Waals surface area contributed by atoms with Crippen LogP contribution in [0.4, 0.5) is 5.69 Å². The van der Waals surface area contributed by atoms with Crippen molar-refractivity contribution >= 4 is 22.6 Å². The highest BCUT2D eigenvalue weighted by Crippen LogP contribution is 2.18. The number of amides is 1. The highest BCUT2D eigenvalue weighted by molar-refractivity contribution is 5.94. The Hall–Kier alpha value is -2.82. The fraction of sp³-hybridized carbons (Fsp3) is 0.263. The van der Waals surface area contributed by atoms with Crippen molar-refractivity contribution in [1.82, 2.24) is 14.9 Å². The van der Waals surface area contributed by atoms with Crippen molar-refractivity contribution in [2.75, 3.05) is 18.4 Å². The third-order valence-corrected chi connectivity index (χ3v) is 4.56. The van der Waals surface area contributed by atoms with Gasteiger partial charge < -0.3 is 15.2 Å². The van der Waals surface area contributed by atoms with E-state index in [1.807, 2.05) is 53.7 Å². The number of likely N-dealkylation sites (tertiary alicyclic amines) is 1. The number of carbonyl (C=O) groups is 1. The van der Waals surface area contributed by atoms with Crippen molar-refractivity contribution in [1.29, 1.82) is 0 Å². The Morgan fingerprint density at radius 2 is 1.92 bits per heavy atom. The minimum atomic E-state index is 0.141. The molecule has 1 aliphatic heterocycles. The highest BCUT2D eigenvalue weighted by atomic mass is 16.2. The Morgan fingerprint density at radius 3 is 2.71 bits per heavy atom. The van der Waals surface area contributed by atoms with Crippen LogP contribution in [0.15, 0.2) is 48.8 Å². The summed E-state index contributed by atoms with van der Waals surface area (Å²) >= 11 is 0. The van der Waals surface area contributed by atoms with Crippen LogP contribution in [0.2, 0.25) is 0 Å². The normalized spacial score (nSPS) is 14.2. The van der Waals surface area contributed by atoms with Gasteiger partial charge in [0.2, 0.25) is 0 Å². The first-order valence-corrected chi connectivity index (χ1v) is 8.35. The number of rotatable bonds is 4. The zero-order chi connectivity index (χ0) is 16.4. The average molecular weight is 320 g/mol. The van der Waals surface area contributed by atoms with E-state index < -0.39 is 0 Å². The van der Waals surface area contributed by atoms with E-state index in [-0.39, 0.29) is 5.91 Å². The number of pyridine rings is 1. The van der Waals surface area contributed by atoms with Crippen molar-refractivity contribution in [3.63, 3.8) is 0 Å². The number of benzene rings is 1. The number of H-pyrrole nitrogens is 1. The molecule has 5 nitrogen and oxygen atoms in total. The number of carbonyl (C=O) groups excluding carboxylic acids is 1. The molecule has 1 aliphatic rings. The lowest BCUT2D eigenvalue weighted by Gasteiger charge is -2.15. The van der Waals surface area contributed by atoms with E-state index in [1.165, 1.54) is 5.56 Å². The molecule has 3 aromatic rings. The van der Waals surface area contributed by atoms with Crippen molar-refractivity contribution in [3.8, 4) is 0 Å².